The minimum atomic E-state index is -0.711. The van der Waals surface area contributed by atoms with Crippen LogP contribution in [0.5, 0.6) is 11.5 Å². The zero-order chi connectivity index (χ0) is 28.4. The Balaban J connectivity index is 1.36. The molecule has 4 aliphatic rings. The van der Waals surface area contributed by atoms with E-state index in [1.165, 1.54) is 23.0 Å². The van der Waals surface area contributed by atoms with Gasteiger partial charge in [-0.15, -0.1) is 0 Å². The second kappa shape index (κ2) is 9.44. The molecule has 3 aromatic rings. The number of imide groups is 2. The number of anilines is 2. The van der Waals surface area contributed by atoms with Crippen molar-refractivity contribution in [3.05, 3.63) is 96.1 Å². The molecule has 0 aromatic heterocycles. The third kappa shape index (κ3) is 3.66. The van der Waals surface area contributed by atoms with Crippen LogP contribution in [0.4, 0.5) is 11.4 Å². The molecule has 2 aliphatic heterocycles. The molecule has 41 heavy (non-hydrogen) atoms. The molecule has 0 bridgehead atoms. The molecule has 0 radical (unpaired) electrons. The molecule has 8 heteroatoms. The van der Waals surface area contributed by atoms with Crippen molar-refractivity contribution in [1.29, 1.82) is 0 Å². The van der Waals surface area contributed by atoms with Crippen molar-refractivity contribution >= 4 is 35.0 Å². The summed E-state index contributed by atoms with van der Waals surface area (Å²) in [5.41, 5.74) is 2.59. The first-order chi connectivity index (χ1) is 19.9. The van der Waals surface area contributed by atoms with E-state index in [-0.39, 0.29) is 29.4 Å². The predicted octanol–water partition coefficient (Wildman–Crippen LogP) is 4.45. The summed E-state index contributed by atoms with van der Waals surface area (Å²) in [7, 11) is 1.50. The molecular formula is C33H28N2O6. The zero-order valence-electron chi connectivity index (χ0n) is 22.3. The quantitative estimate of drug-likeness (QED) is 0.382. The first-order valence-corrected chi connectivity index (χ1v) is 13.8. The van der Waals surface area contributed by atoms with Crippen LogP contribution in [0.3, 0.4) is 0 Å². The number of aromatic hydroxyl groups is 1. The highest BCUT2D eigenvalue weighted by Crippen LogP contribution is 2.59. The number of methoxy groups -OCH3 is 1. The van der Waals surface area contributed by atoms with E-state index in [0.717, 1.165) is 5.57 Å². The van der Waals surface area contributed by atoms with E-state index >= 15 is 0 Å². The van der Waals surface area contributed by atoms with Crippen molar-refractivity contribution in [2.75, 3.05) is 16.9 Å². The number of hydrogen-bond donors (Lipinski definition) is 1. The van der Waals surface area contributed by atoms with Crippen LogP contribution in [-0.2, 0) is 19.2 Å². The molecule has 1 saturated carbocycles. The monoisotopic (exact) mass is 548 g/mol. The number of phenols is 1. The van der Waals surface area contributed by atoms with Crippen molar-refractivity contribution in [2.45, 2.75) is 18.8 Å². The third-order valence-electron chi connectivity index (χ3n) is 9.23. The van der Waals surface area contributed by atoms with Crippen LogP contribution in [-0.4, -0.2) is 35.8 Å². The molecule has 6 atom stereocenters. The van der Waals surface area contributed by atoms with Crippen LogP contribution in [0, 0.1) is 29.6 Å². The molecule has 1 N–H and O–H groups in total. The van der Waals surface area contributed by atoms with E-state index in [1.54, 1.807) is 60.7 Å². The Kier molecular flexibility index (Phi) is 5.81. The SMILES string of the molecule is COc1cc(O)ccc1[C@H]1C2=CC[C@@H]3C(=O)N(c4ccccc4)C(=O)[C@@H]3[C@@H]2C[C@H]2C(=O)N(c3ccccc3)C(=O)[C@@H]12. The summed E-state index contributed by atoms with van der Waals surface area (Å²) in [6.45, 7) is 0. The number of phenolic OH excluding ortho intramolecular Hbond substituents is 1. The molecule has 0 spiro atoms. The van der Waals surface area contributed by atoms with Gasteiger partial charge < -0.3 is 9.84 Å². The molecule has 206 valence electrons. The van der Waals surface area contributed by atoms with Crippen molar-refractivity contribution in [2.24, 2.45) is 29.6 Å². The highest BCUT2D eigenvalue weighted by atomic mass is 16.5. The molecule has 8 nitrogen and oxygen atoms in total. The number of ether oxygens (including phenoxy) is 1. The minimum absolute atomic E-state index is 0.0157. The number of benzene rings is 3. The summed E-state index contributed by atoms with van der Waals surface area (Å²) in [5.74, 6) is -4.22. The fourth-order valence-electron chi connectivity index (χ4n) is 7.56. The van der Waals surface area contributed by atoms with E-state index in [2.05, 4.69) is 0 Å². The summed E-state index contributed by atoms with van der Waals surface area (Å²) in [4.78, 5) is 58.2. The highest BCUT2D eigenvalue weighted by molar-refractivity contribution is 6.24. The molecule has 7 rings (SSSR count). The van der Waals surface area contributed by atoms with Crippen LogP contribution in [0.1, 0.15) is 24.3 Å². The Morgan fingerprint density at radius 1 is 0.707 bits per heavy atom. The molecule has 0 unspecified atom stereocenters. The first-order valence-electron chi connectivity index (χ1n) is 13.8. The molecule has 3 aromatic carbocycles. The van der Waals surface area contributed by atoms with Gasteiger partial charge >= 0.3 is 0 Å². The van der Waals surface area contributed by atoms with Crippen molar-refractivity contribution in [3.8, 4) is 11.5 Å². The average Bonchev–Trinajstić information content (AvgIpc) is 3.40. The van der Waals surface area contributed by atoms with Crippen molar-refractivity contribution < 1.29 is 29.0 Å². The molecule has 3 fully saturated rings. The van der Waals surface area contributed by atoms with Crippen LogP contribution >= 0.6 is 0 Å². The lowest BCUT2D eigenvalue weighted by molar-refractivity contribution is -0.126. The number of allylic oxidation sites excluding steroid dienone is 2. The Morgan fingerprint density at radius 3 is 1.90 bits per heavy atom. The maximum absolute atomic E-state index is 14.1. The van der Waals surface area contributed by atoms with Crippen molar-refractivity contribution in [3.63, 3.8) is 0 Å². The number of rotatable bonds is 4. The lowest BCUT2D eigenvalue weighted by atomic mass is 9.57. The van der Waals surface area contributed by atoms with Crippen LogP contribution in [0.15, 0.2) is 90.5 Å². The predicted molar refractivity (Wildman–Crippen MR) is 150 cm³/mol. The van der Waals surface area contributed by atoms with Gasteiger partial charge in [0.15, 0.2) is 0 Å². The molecular weight excluding hydrogens is 520 g/mol. The lowest BCUT2D eigenvalue weighted by Crippen LogP contribution is -2.43. The fourth-order valence-corrected chi connectivity index (χ4v) is 7.56. The Morgan fingerprint density at radius 2 is 1.29 bits per heavy atom. The highest BCUT2D eigenvalue weighted by Gasteiger charge is 2.62. The summed E-state index contributed by atoms with van der Waals surface area (Å²) in [6.07, 6.45) is 2.66. The van der Waals surface area contributed by atoms with E-state index in [9.17, 15) is 24.3 Å². The number of amides is 4. The van der Waals surface area contributed by atoms with Crippen LogP contribution in [0.25, 0.3) is 0 Å². The van der Waals surface area contributed by atoms with E-state index in [1.807, 2.05) is 18.2 Å². The van der Waals surface area contributed by atoms with Gasteiger partial charge in [-0.1, -0.05) is 54.1 Å². The fraction of sp³-hybridized carbons (Fsp3) is 0.273. The zero-order valence-corrected chi connectivity index (χ0v) is 22.3. The van der Waals surface area contributed by atoms with Gasteiger partial charge in [0.25, 0.3) is 0 Å². The summed E-state index contributed by atoms with van der Waals surface area (Å²) in [5, 5.41) is 10.2. The molecule has 4 amide bonds. The smallest absolute Gasteiger partial charge is 0.238 e. The maximum atomic E-state index is 14.1. The average molecular weight is 549 g/mol. The normalized spacial score (nSPS) is 28.8. The van der Waals surface area contributed by atoms with Gasteiger partial charge in [-0.25, -0.2) is 0 Å². The maximum Gasteiger partial charge on any atom is 0.238 e. The second-order valence-electron chi connectivity index (χ2n) is 11.1. The third-order valence-corrected chi connectivity index (χ3v) is 9.23. The van der Waals surface area contributed by atoms with Crippen molar-refractivity contribution in [1.82, 2.24) is 0 Å². The first kappa shape index (κ1) is 25.3. The lowest BCUT2D eigenvalue weighted by Gasteiger charge is -2.44. The number of hydrogen-bond acceptors (Lipinski definition) is 6. The number of carbonyl (C=O) groups is 4. The van der Waals surface area contributed by atoms with Crippen LogP contribution in [0.2, 0.25) is 0 Å². The van der Waals surface area contributed by atoms with Gasteiger partial charge in [-0.3, -0.25) is 29.0 Å². The van der Waals surface area contributed by atoms with Gasteiger partial charge in [0.2, 0.25) is 23.6 Å². The number of carbonyl (C=O) groups excluding carboxylic acids is 4. The van der Waals surface area contributed by atoms with Gasteiger partial charge in [-0.05, 0) is 49.1 Å². The Bertz CT molecular complexity index is 1620. The van der Waals surface area contributed by atoms with Gasteiger partial charge in [0.1, 0.15) is 11.5 Å². The standard InChI is InChI=1S/C33H28N2O6/c1-41-26-16-20(36)12-13-22(26)27-21-14-15-23-28(32(39)34(30(23)37)18-8-4-2-5-9-18)24(21)17-25-29(27)33(40)35(31(25)38)19-10-6-3-7-11-19/h2-14,16,23-25,27-29,36H,15,17H2,1H3/t23-,24+,25+,27+,28-,29+/m0/s1. The topological polar surface area (TPSA) is 104 Å². The molecule has 2 heterocycles. The number of para-hydroxylation sites is 2. The van der Waals surface area contributed by atoms with E-state index in [0.29, 0.717) is 35.5 Å². The Hall–Kier alpha value is -4.72. The van der Waals surface area contributed by atoms with Crippen LogP contribution < -0.4 is 14.5 Å². The summed E-state index contributed by atoms with van der Waals surface area (Å²) < 4.78 is 5.65. The second-order valence-corrected chi connectivity index (χ2v) is 11.1. The number of nitrogens with zero attached hydrogens (tertiary/aromatic N) is 2. The van der Waals surface area contributed by atoms with E-state index < -0.39 is 35.5 Å². The van der Waals surface area contributed by atoms with Gasteiger partial charge in [0, 0.05) is 17.5 Å². The summed E-state index contributed by atoms with van der Waals surface area (Å²) in [6, 6.07) is 22.6. The van der Waals surface area contributed by atoms with Gasteiger partial charge in [0.05, 0.1) is 42.2 Å². The largest absolute Gasteiger partial charge is 0.508 e. The molecule has 2 aliphatic carbocycles. The number of fused-ring (bicyclic) bond motifs is 4. The minimum Gasteiger partial charge on any atom is -0.508 e. The van der Waals surface area contributed by atoms with E-state index in [4.69, 9.17) is 4.74 Å². The molecule has 2 saturated heterocycles. The Labute approximate surface area is 236 Å². The summed E-state index contributed by atoms with van der Waals surface area (Å²) >= 11 is 0. The van der Waals surface area contributed by atoms with Gasteiger partial charge in [-0.2, -0.15) is 0 Å².